The lowest BCUT2D eigenvalue weighted by molar-refractivity contribution is -0.136. The van der Waals surface area contributed by atoms with Gasteiger partial charge in [0, 0.05) is 13.6 Å². The van der Waals surface area contributed by atoms with Crippen molar-refractivity contribution in [2.75, 3.05) is 14.2 Å². The van der Waals surface area contributed by atoms with Crippen LogP contribution < -0.4 is 10.5 Å². The number of benzene rings is 1. The molecule has 0 atom stereocenters. The second kappa shape index (κ2) is 5.83. The molecule has 0 aliphatic heterocycles. The maximum Gasteiger partial charge on any atom is 0.242 e. The molecule has 110 valence electrons. The molecule has 0 spiro atoms. The van der Waals surface area contributed by atoms with Crippen LogP contribution in [0.2, 0.25) is 0 Å². The van der Waals surface area contributed by atoms with Gasteiger partial charge >= 0.3 is 0 Å². The van der Waals surface area contributed by atoms with E-state index in [1.807, 2.05) is 26.1 Å². The summed E-state index contributed by atoms with van der Waals surface area (Å²) >= 11 is 0. The number of ether oxygens (including phenoxy) is 1. The first-order chi connectivity index (χ1) is 9.46. The van der Waals surface area contributed by atoms with Crippen LogP contribution in [0, 0.1) is 6.92 Å². The predicted molar refractivity (Wildman–Crippen MR) is 79.6 cm³/mol. The van der Waals surface area contributed by atoms with E-state index in [-0.39, 0.29) is 5.91 Å². The van der Waals surface area contributed by atoms with E-state index in [1.165, 1.54) is 0 Å². The molecule has 4 nitrogen and oxygen atoms in total. The minimum absolute atomic E-state index is 0.0588. The molecule has 0 heterocycles. The van der Waals surface area contributed by atoms with Gasteiger partial charge in [-0.2, -0.15) is 0 Å². The Labute approximate surface area is 120 Å². The highest BCUT2D eigenvalue weighted by molar-refractivity contribution is 5.86. The molecule has 20 heavy (non-hydrogen) atoms. The molecule has 1 aromatic carbocycles. The summed E-state index contributed by atoms with van der Waals surface area (Å²) in [6.45, 7) is 2.59. The van der Waals surface area contributed by atoms with Gasteiger partial charge < -0.3 is 15.4 Å². The van der Waals surface area contributed by atoms with Crippen LogP contribution in [-0.2, 0) is 11.3 Å². The number of methoxy groups -OCH3 is 1. The normalized spacial score (nSPS) is 17.0. The fourth-order valence-corrected chi connectivity index (χ4v) is 2.98. The van der Waals surface area contributed by atoms with E-state index in [4.69, 9.17) is 10.5 Å². The molecule has 1 fully saturated rings. The topological polar surface area (TPSA) is 55.6 Å². The number of nitrogens with zero attached hydrogens (tertiary/aromatic N) is 1. The van der Waals surface area contributed by atoms with Crippen LogP contribution in [0.3, 0.4) is 0 Å². The monoisotopic (exact) mass is 276 g/mol. The van der Waals surface area contributed by atoms with Crippen LogP contribution in [0.15, 0.2) is 18.2 Å². The van der Waals surface area contributed by atoms with Gasteiger partial charge in [0.1, 0.15) is 5.75 Å². The first-order valence-corrected chi connectivity index (χ1v) is 7.14. The molecule has 0 unspecified atom stereocenters. The number of carbonyl (C=O) groups is 1. The van der Waals surface area contributed by atoms with Crippen LogP contribution in [0.1, 0.15) is 36.8 Å². The molecular formula is C16H24N2O2. The molecule has 4 heteroatoms. The summed E-state index contributed by atoms with van der Waals surface area (Å²) in [5.74, 6) is 0.928. The molecule has 1 saturated carbocycles. The number of rotatable bonds is 4. The van der Waals surface area contributed by atoms with Gasteiger partial charge in [-0.05, 0) is 37.0 Å². The molecule has 0 aromatic heterocycles. The van der Waals surface area contributed by atoms with E-state index in [2.05, 4.69) is 6.07 Å². The number of aryl methyl sites for hydroxylation is 1. The summed E-state index contributed by atoms with van der Waals surface area (Å²) < 4.78 is 5.25. The van der Waals surface area contributed by atoms with Crippen LogP contribution in [0.25, 0.3) is 0 Å². The summed E-state index contributed by atoms with van der Waals surface area (Å²) in [6, 6.07) is 5.99. The molecule has 1 amide bonds. The average Bonchev–Trinajstić information content (AvgIpc) is 2.86. The Balaban J connectivity index is 2.05. The average molecular weight is 276 g/mol. The second-order valence-corrected chi connectivity index (χ2v) is 5.83. The van der Waals surface area contributed by atoms with Crippen molar-refractivity contribution >= 4 is 5.91 Å². The van der Waals surface area contributed by atoms with Gasteiger partial charge in [-0.3, -0.25) is 4.79 Å². The van der Waals surface area contributed by atoms with Crippen LogP contribution in [0.5, 0.6) is 5.75 Å². The van der Waals surface area contributed by atoms with Crippen LogP contribution in [0.4, 0.5) is 0 Å². The van der Waals surface area contributed by atoms with Gasteiger partial charge in [0.2, 0.25) is 5.91 Å². The molecule has 2 rings (SSSR count). The van der Waals surface area contributed by atoms with E-state index < -0.39 is 5.54 Å². The van der Waals surface area contributed by atoms with Gasteiger partial charge in [-0.1, -0.05) is 25.0 Å². The summed E-state index contributed by atoms with van der Waals surface area (Å²) in [6.07, 6.45) is 3.71. The summed E-state index contributed by atoms with van der Waals surface area (Å²) in [7, 11) is 3.49. The molecule has 0 radical (unpaired) electrons. The molecule has 0 bridgehead atoms. The number of nitrogens with two attached hydrogens (primary N) is 1. The van der Waals surface area contributed by atoms with E-state index in [9.17, 15) is 4.79 Å². The highest BCUT2D eigenvalue weighted by atomic mass is 16.5. The van der Waals surface area contributed by atoms with Crippen molar-refractivity contribution in [2.24, 2.45) is 5.73 Å². The number of likely N-dealkylation sites (N-methyl/N-ethyl adjacent to an activating group) is 1. The fraction of sp³-hybridized carbons (Fsp3) is 0.562. The number of carbonyl (C=O) groups excluding carboxylic acids is 1. The van der Waals surface area contributed by atoms with Crippen molar-refractivity contribution in [3.05, 3.63) is 29.3 Å². The second-order valence-electron chi connectivity index (χ2n) is 5.83. The zero-order chi connectivity index (χ0) is 14.8. The van der Waals surface area contributed by atoms with Crippen molar-refractivity contribution in [2.45, 2.75) is 44.7 Å². The highest BCUT2D eigenvalue weighted by Crippen LogP contribution is 2.29. The maximum atomic E-state index is 12.5. The highest BCUT2D eigenvalue weighted by Gasteiger charge is 2.38. The largest absolute Gasteiger partial charge is 0.496 e. The lowest BCUT2D eigenvalue weighted by Crippen LogP contribution is -2.52. The summed E-state index contributed by atoms with van der Waals surface area (Å²) in [5, 5.41) is 0. The zero-order valence-electron chi connectivity index (χ0n) is 12.6. The van der Waals surface area contributed by atoms with Crippen molar-refractivity contribution in [3.8, 4) is 5.75 Å². The van der Waals surface area contributed by atoms with E-state index in [0.717, 1.165) is 42.6 Å². The van der Waals surface area contributed by atoms with Crippen LogP contribution >= 0.6 is 0 Å². The lowest BCUT2D eigenvalue weighted by Gasteiger charge is -2.29. The minimum atomic E-state index is -0.643. The Kier molecular flexibility index (Phi) is 4.33. The molecule has 2 N–H and O–H groups in total. The Hall–Kier alpha value is -1.55. The minimum Gasteiger partial charge on any atom is -0.496 e. The quantitative estimate of drug-likeness (QED) is 0.917. The van der Waals surface area contributed by atoms with Gasteiger partial charge in [0.25, 0.3) is 0 Å². The number of amides is 1. The van der Waals surface area contributed by atoms with Crippen molar-refractivity contribution < 1.29 is 9.53 Å². The van der Waals surface area contributed by atoms with Gasteiger partial charge in [0.15, 0.2) is 0 Å². The zero-order valence-corrected chi connectivity index (χ0v) is 12.6. The standard InChI is InChI=1S/C16H24N2O2/c1-12-10-13(6-7-14(12)20-3)11-18(2)15(19)16(17)8-4-5-9-16/h6-7,10H,4-5,8-9,11,17H2,1-3H3. The van der Waals surface area contributed by atoms with E-state index >= 15 is 0 Å². The number of hydrogen-bond donors (Lipinski definition) is 1. The Morgan fingerprint density at radius 3 is 2.60 bits per heavy atom. The third kappa shape index (κ3) is 2.96. The summed E-state index contributed by atoms with van der Waals surface area (Å²) in [5.41, 5.74) is 7.75. The van der Waals surface area contributed by atoms with Crippen molar-refractivity contribution in [1.29, 1.82) is 0 Å². The SMILES string of the molecule is COc1ccc(CN(C)C(=O)C2(N)CCCC2)cc1C. The first kappa shape index (κ1) is 14.9. The Bertz CT molecular complexity index is 493. The predicted octanol–water partition coefficient (Wildman–Crippen LogP) is 2.23. The lowest BCUT2D eigenvalue weighted by atomic mass is 9.97. The molecule has 0 saturated heterocycles. The van der Waals surface area contributed by atoms with Crippen molar-refractivity contribution in [1.82, 2.24) is 4.90 Å². The Morgan fingerprint density at radius 1 is 1.40 bits per heavy atom. The first-order valence-electron chi connectivity index (χ1n) is 7.14. The third-order valence-electron chi connectivity index (χ3n) is 4.15. The third-order valence-corrected chi connectivity index (χ3v) is 4.15. The fourth-order valence-electron chi connectivity index (χ4n) is 2.98. The van der Waals surface area contributed by atoms with Gasteiger partial charge in [-0.25, -0.2) is 0 Å². The smallest absolute Gasteiger partial charge is 0.242 e. The summed E-state index contributed by atoms with van der Waals surface area (Å²) in [4.78, 5) is 14.2. The molecular weight excluding hydrogens is 252 g/mol. The van der Waals surface area contributed by atoms with Gasteiger partial charge in [0.05, 0.1) is 12.6 Å². The van der Waals surface area contributed by atoms with Crippen molar-refractivity contribution in [3.63, 3.8) is 0 Å². The number of hydrogen-bond acceptors (Lipinski definition) is 3. The van der Waals surface area contributed by atoms with E-state index in [0.29, 0.717) is 6.54 Å². The Morgan fingerprint density at radius 2 is 2.05 bits per heavy atom. The van der Waals surface area contributed by atoms with Gasteiger partial charge in [-0.15, -0.1) is 0 Å². The molecule has 1 aliphatic rings. The van der Waals surface area contributed by atoms with Crippen LogP contribution in [-0.4, -0.2) is 30.5 Å². The molecule has 1 aromatic rings. The van der Waals surface area contributed by atoms with E-state index in [1.54, 1.807) is 12.0 Å². The maximum absolute atomic E-state index is 12.5. The molecule has 1 aliphatic carbocycles.